The Kier molecular flexibility index (Phi) is 4.31. The number of ether oxygens (including phenoxy) is 3. The summed E-state index contributed by atoms with van der Waals surface area (Å²) in [6, 6.07) is 3.95. The van der Waals surface area contributed by atoms with Crippen LogP contribution in [0.25, 0.3) is 0 Å². The summed E-state index contributed by atoms with van der Waals surface area (Å²) in [5, 5.41) is 0.612. The standard InChI is InChI=1S/C14H19ClN2O3/c15-12-5-10(6-13-14(12)20-4-3-19-13)8-17-1-2-18-11(7-16)9-17/h5-6,11H,1-4,7-9,16H2. The van der Waals surface area contributed by atoms with Gasteiger partial charge in [0.15, 0.2) is 11.5 Å². The van der Waals surface area contributed by atoms with E-state index in [1.54, 1.807) is 0 Å². The minimum absolute atomic E-state index is 0.122. The maximum Gasteiger partial charge on any atom is 0.179 e. The second kappa shape index (κ2) is 6.18. The van der Waals surface area contributed by atoms with Crippen molar-refractivity contribution >= 4 is 11.6 Å². The molecule has 6 heteroatoms. The Morgan fingerprint density at radius 3 is 2.95 bits per heavy atom. The number of rotatable bonds is 3. The third-order valence-electron chi connectivity index (χ3n) is 3.55. The van der Waals surface area contributed by atoms with Gasteiger partial charge in [-0.05, 0) is 17.7 Å². The van der Waals surface area contributed by atoms with E-state index in [-0.39, 0.29) is 6.10 Å². The molecule has 0 spiro atoms. The molecule has 1 fully saturated rings. The van der Waals surface area contributed by atoms with Gasteiger partial charge in [0.05, 0.1) is 17.7 Å². The summed E-state index contributed by atoms with van der Waals surface area (Å²) < 4.78 is 16.7. The van der Waals surface area contributed by atoms with Crippen LogP contribution >= 0.6 is 11.6 Å². The van der Waals surface area contributed by atoms with Crippen LogP contribution in [0, 0.1) is 0 Å². The van der Waals surface area contributed by atoms with Gasteiger partial charge >= 0.3 is 0 Å². The number of nitrogens with zero attached hydrogens (tertiary/aromatic N) is 1. The number of nitrogens with two attached hydrogens (primary N) is 1. The summed E-state index contributed by atoms with van der Waals surface area (Å²) in [6.07, 6.45) is 0.122. The van der Waals surface area contributed by atoms with Crippen LogP contribution in [0.1, 0.15) is 5.56 Å². The third kappa shape index (κ3) is 3.01. The molecule has 0 radical (unpaired) electrons. The Labute approximate surface area is 123 Å². The molecule has 1 atom stereocenters. The Balaban J connectivity index is 1.72. The molecule has 110 valence electrons. The van der Waals surface area contributed by atoms with Gasteiger partial charge in [0.1, 0.15) is 13.2 Å². The van der Waals surface area contributed by atoms with Crippen molar-refractivity contribution in [2.24, 2.45) is 5.73 Å². The van der Waals surface area contributed by atoms with Crippen molar-refractivity contribution in [1.82, 2.24) is 4.90 Å². The highest BCUT2D eigenvalue weighted by Gasteiger charge is 2.21. The summed E-state index contributed by atoms with van der Waals surface area (Å²) in [5.74, 6) is 1.39. The van der Waals surface area contributed by atoms with E-state index in [2.05, 4.69) is 4.90 Å². The maximum atomic E-state index is 6.25. The van der Waals surface area contributed by atoms with E-state index in [0.717, 1.165) is 37.6 Å². The summed E-state index contributed by atoms with van der Waals surface area (Å²) >= 11 is 6.25. The maximum absolute atomic E-state index is 6.25. The predicted octanol–water partition coefficient (Wildman–Crippen LogP) is 1.27. The van der Waals surface area contributed by atoms with Crippen molar-refractivity contribution in [1.29, 1.82) is 0 Å². The summed E-state index contributed by atoms with van der Waals surface area (Å²) in [4.78, 5) is 2.32. The van der Waals surface area contributed by atoms with Gasteiger partial charge in [-0.2, -0.15) is 0 Å². The first-order valence-electron chi connectivity index (χ1n) is 6.88. The third-order valence-corrected chi connectivity index (χ3v) is 3.83. The fraction of sp³-hybridized carbons (Fsp3) is 0.571. The molecule has 1 aromatic rings. The van der Waals surface area contributed by atoms with Crippen molar-refractivity contribution in [2.45, 2.75) is 12.6 Å². The molecule has 0 bridgehead atoms. The van der Waals surface area contributed by atoms with Gasteiger partial charge in [-0.25, -0.2) is 0 Å². The summed E-state index contributed by atoms with van der Waals surface area (Å²) in [6.45, 7) is 4.97. The summed E-state index contributed by atoms with van der Waals surface area (Å²) in [5.41, 5.74) is 6.79. The van der Waals surface area contributed by atoms with E-state index in [4.69, 9.17) is 31.5 Å². The van der Waals surface area contributed by atoms with Gasteiger partial charge in [0.2, 0.25) is 0 Å². The molecule has 0 aromatic heterocycles. The van der Waals surface area contributed by atoms with Crippen LogP contribution in [0.3, 0.4) is 0 Å². The number of hydrogen-bond donors (Lipinski definition) is 1. The number of morpholine rings is 1. The van der Waals surface area contributed by atoms with Crippen LogP contribution < -0.4 is 15.2 Å². The van der Waals surface area contributed by atoms with Crippen LogP contribution in [0.4, 0.5) is 0 Å². The first-order valence-corrected chi connectivity index (χ1v) is 7.26. The van der Waals surface area contributed by atoms with E-state index < -0.39 is 0 Å². The zero-order chi connectivity index (χ0) is 13.9. The Morgan fingerprint density at radius 2 is 2.10 bits per heavy atom. The van der Waals surface area contributed by atoms with Crippen LogP contribution in [-0.4, -0.2) is 50.5 Å². The highest BCUT2D eigenvalue weighted by Crippen LogP contribution is 2.38. The van der Waals surface area contributed by atoms with Crippen LogP contribution in [-0.2, 0) is 11.3 Å². The number of benzene rings is 1. The Hall–Kier alpha value is -1.01. The van der Waals surface area contributed by atoms with E-state index in [0.29, 0.717) is 30.5 Å². The highest BCUT2D eigenvalue weighted by atomic mass is 35.5. The lowest BCUT2D eigenvalue weighted by Gasteiger charge is -2.32. The molecule has 1 unspecified atom stereocenters. The quantitative estimate of drug-likeness (QED) is 0.911. The molecule has 0 amide bonds. The molecule has 0 aliphatic carbocycles. The van der Waals surface area contributed by atoms with Gasteiger partial charge in [0.25, 0.3) is 0 Å². The van der Waals surface area contributed by atoms with E-state index in [9.17, 15) is 0 Å². The van der Waals surface area contributed by atoms with Crippen molar-refractivity contribution < 1.29 is 14.2 Å². The minimum atomic E-state index is 0.122. The van der Waals surface area contributed by atoms with Crippen molar-refractivity contribution in [3.05, 3.63) is 22.7 Å². The second-order valence-electron chi connectivity index (χ2n) is 5.07. The Morgan fingerprint density at radius 1 is 1.25 bits per heavy atom. The lowest BCUT2D eigenvalue weighted by atomic mass is 10.1. The fourth-order valence-electron chi connectivity index (χ4n) is 2.58. The van der Waals surface area contributed by atoms with Crippen LogP contribution in [0.15, 0.2) is 12.1 Å². The predicted molar refractivity (Wildman–Crippen MR) is 76.5 cm³/mol. The lowest BCUT2D eigenvalue weighted by molar-refractivity contribution is -0.0260. The zero-order valence-corrected chi connectivity index (χ0v) is 12.1. The molecule has 1 aromatic carbocycles. The van der Waals surface area contributed by atoms with Gasteiger partial charge in [-0.15, -0.1) is 0 Å². The molecule has 2 aliphatic heterocycles. The largest absolute Gasteiger partial charge is 0.486 e. The minimum Gasteiger partial charge on any atom is -0.486 e. The molecular formula is C14H19ClN2O3. The molecule has 0 saturated carbocycles. The number of hydrogen-bond acceptors (Lipinski definition) is 5. The molecule has 2 N–H and O–H groups in total. The van der Waals surface area contributed by atoms with Crippen LogP contribution in [0.5, 0.6) is 11.5 Å². The molecule has 3 rings (SSSR count). The topological polar surface area (TPSA) is 57.0 Å². The molecule has 2 aliphatic rings. The molecule has 2 heterocycles. The normalized spacial score (nSPS) is 22.8. The molecule has 5 nitrogen and oxygen atoms in total. The molecule has 20 heavy (non-hydrogen) atoms. The lowest BCUT2D eigenvalue weighted by Crippen LogP contribution is -2.45. The van der Waals surface area contributed by atoms with E-state index >= 15 is 0 Å². The molecule has 1 saturated heterocycles. The smallest absolute Gasteiger partial charge is 0.179 e. The monoisotopic (exact) mass is 298 g/mol. The van der Waals surface area contributed by atoms with Gasteiger partial charge in [0, 0.05) is 26.2 Å². The van der Waals surface area contributed by atoms with Gasteiger partial charge in [-0.1, -0.05) is 11.6 Å². The highest BCUT2D eigenvalue weighted by molar-refractivity contribution is 6.32. The zero-order valence-electron chi connectivity index (χ0n) is 11.3. The van der Waals surface area contributed by atoms with Crippen molar-refractivity contribution in [2.75, 3.05) is 39.5 Å². The first kappa shape index (κ1) is 13.9. The SMILES string of the molecule is NCC1CN(Cc2cc(Cl)c3c(c2)OCCO3)CCO1. The summed E-state index contributed by atoms with van der Waals surface area (Å²) in [7, 11) is 0. The second-order valence-corrected chi connectivity index (χ2v) is 5.47. The number of halogens is 1. The van der Waals surface area contributed by atoms with Crippen molar-refractivity contribution in [3.63, 3.8) is 0 Å². The van der Waals surface area contributed by atoms with Gasteiger partial charge in [-0.3, -0.25) is 4.90 Å². The van der Waals surface area contributed by atoms with E-state index in [1.807, 2.05) is 12.1 Å². The average Bonchev–Trinajstić information content (AvgIpc) is 2.47. The van der Waals surface area contributed by atoms with Gasteiger partial charge < -0.3 is 19.9 Å². The average molecular weight is 299 g/mol. The fourth-order valence-corrected chi connectivity index (χ4v) is 2.87. The van der Waals surface area contributed by atoms with Crippen LogP contribution in [0.2, 0.25) is 5.02 Å². The first-order chi connectivity index (χ1) is 9.76. The van der Waals surface area contributed by atoms with Crippen molar-refractivity contribution in [3.8, 4) is 11.5 Å². The number of fused-ring (bicyclic) bond motifs is 1. The molecular weight excluding hydrogens is 280 g/mol. The van der Waals surface area contributed by atoms with E-state index in [1.165, 1.54) is 0 Å². The Bertz CT molecular complexity index is 484.